The van der Waals surface area contributed by atoms with Crippen LogP contribution in [-0.4, -0.2) is 26.9 Å². The lowest BCUT2D eigenvalue weighted by molar-refractivity contribution is 0.0953. The van der Waals surface area contributed by atoms with Gasteiger partial charge in [0.25, 0.3) is 5.91 Å². The molecule has 5 nitrogen and oxygen atoms in total. The Balaban J connectivity index is 1.54. The molecule has 0 saturated heterocycles. The summed E-state index contributed by atoms with van der Waals surface area (Å²) >= 11 is 0. The molecule has 0 aromatic heterocycles. The molecule has 1 aliphatic carbocycles. The minimum atomic E-state index is -3.54. The fourth-order valence-electron chi connectivity index (χ4n) is 2.53. The van der Waals surface area contributed by atoms with Crippen LogP contribution in [0.5, 0.6) is 0 Å². The Bertz CT molecular complexity index is 831. The molecule has 0 aliphatic heterocycles. The molecule has 0 spiro atoms. The first-order valence-electron chi connectivity index (χ1n) is 8.49. The van der Waals surface area contributed by atoms with E-state index in [4.69, 9.17) is 0 Å². The lowest BCUT2D eigenvalue weighted by atomic mass is 10.1. The normalized spacial score (nSPS) is 14.2. The number of hydrogen-bond acceptors (Lipinski definition) is 3. The minimum Gasteiger partial charge on any atom is -0.352 e. The molecular weight excluding hydrogens is 336 g/mol. The highest BCUT2D eigenvalue weighted by molar-refractivity contribution is 7.89. The largest absolute Gasteiger partial charge is 0.352 e. The number of hydrogen-bond donors (Lipinski definition) is 2. The Morgan fingerprint density at radius 1 is 1.04 bits per heavy atom. The highest BCUT2D eigenvalue weighted by Gasteiger charge is 2.28. The third-order valence-electron chi connectivity index (χ3n) is 4.08. The fourth-order valence-corrected chi connectivity index (χ4v) is 3.88. The standard InChI is InChI=1S/C19H22N2O3S/c22-19(20-13-5-8-15-6-2-1-3-7-15)16-9-4-10-18(14-16)25(23,24)21-17-11-12-17/h1-4,6-7,9-10,14,17,21H,5,8,11-13H2,(H,20,22). The Hall–Kier alpha value is -2.18. The van der Waals surface area contributed by atoms with Crippen LogP contribution >= 0.6 is 0 Å². The predicted octanol–water partition coefficient (Wildman–Crippen LogP) is 2.49. The Morgan fingerprint density at radius 3 is 2.52 bits per heavy atom. The molecule has 2 N–H and O–H groups in total. The molecule has 1 fully saturated rings. The molecule has 2 aromatic rings. The second-order valence-electron chi connectivity index (χ2n) is 6.27. The zero-order valence-electron chi connectivity index (χ0n) is 13.9. The van der Waals surface area contributed by atoms with E-state index in [9.17, 15) is 13.2 Å². The van der Waals surface area contributed by atoms with Crippen LogP contribution in [0.25, 0.3) is 0 Å². The van der Waals surface area contributed by atoms with Gasteiger partial charge in [0, 0.05) is 18.2 Å². The smallest absolute Gasteiger partial charge is 0.251 e. The first-order chi connectivity index (χ1) is 12.0. The SMILES string of the molecule is O=C(NCCCc1ccccc1)c1cccc(S(=O)(=O)NC2CC2)c1. The summed E-state index contributed by atoms with van der Waals surface area (Å²) in [7, 11) is -3.54. The first kappa shape index (κ1) is 17.6. The summed E-state index contributed by atoms with van der Waals surface area (Å²) in [5.74, 6) is -0.253. The molecule has 1 amide bonds. The van der Waals surface area contributed by atoms with Crippen molar-refractivity contribution in [3.05, 3.63) is 65.7 Å². The van der Waals surface area contributed by atoms with E-state index < -0.39 is 10.0 Å². The molecule has 3 rings (SSSR count). The molecule has 0 radical (unpaired) electrons. The van der Waals surface area contributed by atoms with Crippen molar-refractivity contribution in [3.8, 4) is 0 Å². The van der Waals surface area contributed by atoms with Crippen molar-refractivity contribution < 1.29 is 13.2 Å². The van der Waals surface area contributed by atoms with Crippen molar-refractivity contribution in [1.82, 2.24) is 10.0 Å². The molecule has 6 heteroatoms. The van der Waals surface area contributed by atoms with E-state index in [-0.39, 0.29) is 16.8 Å². The van der Waals surface area contributed by atoms with Gasteiger partial charge in [-0.3, -0.25) is 4.79 Å². The maximum absolute atomic E-state index is 12.2. The lowest BCUT2D eigenvalue weighted by Gasteiger charge is -2.08. The Kier molecular flexibility index (Phi) is 5.50. The quantitative estimate of drug-likeness (QED) is 0.712. The fraction of sp³-hybridized carbons (Fsp3) is 0.316. The van der Waals surface area contributed by atoms with E-state index in [1.54, 1.807) is 12.1 Å². The van der Waals surface area contributed by atoms with E-state index in [0.717, 1.165) is 25.7 Å². The van der Waals surface area contributed by atoms with E-state index >= 15 is 0 Å². The van der Waals surface area contributed by atoms with E-state index in [2.05, 4.69) is 22.2 Å². The van der Waals surface area contributed by atoms with Gasteiger partial charge in [-0.15, -0.1) is 0 Å². The summed E-state index contributed by atoms with van der Waals surface area (Å²) in [6.07, 6.45) is 3.47. The van der Waals surface area contributed by atoms with Crippen LogP contribution in [0, 0.1) is 0 Å². The minimum absolute atomic E-state index is 0.0421. The number of benzene rings is 2. The molecule has 1 aliphatic rings. The second-order valence-corrected chi connectivity index (χ2v) is 7.98. The van der Waals surface area contributed by atoms with Crippen LogP contribution in [0.3, 0.4) is 0 Å². The van der Waals surface area contributed by atoms with Gasteiger partial charge < -0.3 is 5.32 Å². The van der Waals surface area contributed by atoms with Crippen molar-refractivity contribution in [1.29, 1.82) is 0 Å². The van der Waals surface area contributed by atoms with Crippen molar-refractivity contribution in [3.63, 3.8) is 0 Å². The van der Waals surface area contributed by atoms with Gasteiger partial charge >= 0.3 is 0 Å². The lowest BCUT2D eigenvalue weighted by Crippen LogP contribution is -2.27. The number of nitrogens with one attached hydrogen (secondary N) is 2. The number of sulfonamides is 1. The monoisotopic (exact) mass is 358 g/mol. The summed E-state index contributed by atoms with van der Waals surface area (Å²) in [5.41, 5.74) is 1.59. The maximum atomic E-state index is 12.2. The highest BCUT2D eigenvalue weighted by atomic mass is 32.2. The maximum Gasteiger partial charge on any atom is 0.251 e. The van der Waals surface area contributed by atoms with Gasteiger partial charge in [-0.25, -0.2) is 13.1 Å². The van der Waals surface area contributed by atoms with E-state index in [1.165, 1.54) is 17.7 Å². The van der Waals surface area contributed by atoms with Crippen LogP contribution in [0.15, 0.2) is 59.5 Å². The number of carbonyl (C=O) groups is 1. The van der Waals surface area contributed by atoms with Crippen molar-refractivity contribution in [2.75, 3.05) is 6.54 Å². The van der Waals surface area contributed by atoms with Crippen molar-refractivity contribution >= 4 is 15.9 Å². The van der Waals surface area contributed by atoms with Gasteiger partial charge in [0.15, 0.2) is 0 Å². The van der Waals surface area contributed by atoms with E-state index in [0.29, 0.717) is 12.1 Å². The second kappa shape index (κ2) is 7.80. The number of carbonyl (C=O) groups excluding carboxylic acids is 1. The molecule has 1 saturated carbocycles. The molecular formula is C19H22N2O3S. The number of aryl methyl sites for hydroxylation is 1. The Labute approximate surface area is 148 Å². The summed E-state index contributed by atoms with van der Waals surface area (Å²) in [5, 5.41) is 2.85. The van der Waals surface area contributed by atoms with Crippen LogP contribution in [0.4, 0.5) is 0 Å². The zero-order valence-corrected chi connectivity index (χ0v) is 14.8. The Morgan fingerprint density at radius 2 is 1.80 bits per heavy atom. The molecule has 132 valence electrons. The van der Waals surface area contributed by atoms with Crippen LogP contribution in [0.1, 0.15) is 35.2 Å². The van der Waals surface area contributed by atoms with Gasteiger partial charge in [-0.2, -0.15) is 0 Å². The van der Waals surface area contributed by atoms with Gasteiger partial charge in [-0.1, -0.05) is 36.4 Å². The van der Waals surface area contributed by atoms with Crippen molar-refractivity contribution in [2.24, 2.45) is 0 Å². The summed E-state index contributed by atoms with van der Waals surface area (Å²) in [4.78, 5) is 12.4. The molecule has 0 unspecified atom stereocenters. The number of rotatable bonds is 8. The summed E-state index contributed by atoms with van der Waals surface area (Å²) < 4.78 is 27.1. The van der Waals surface area contributed by atoms with Gasteiger partial charge in [0.2, 0.25) is 10.0 Å². The molecule has 25 heavy (non-hydrogen) atoms. The summed E-state index contributed by atoms with van der Waals surface area (Å²) in [6, 6.07) is 16.3. The topological polar surface area (TPSA) is 75.3 Å². The number of amides is 1. The van der Waals surface area contributed by atoms with Crippen LogP contribution in [0.2, 0.25) is 0 Å². The molecule has 2 aromatic carbocycles. The third kappa shape index (κ3) is 5.14. The van der Waals surface area contributed by atoms with Gasteiger partial charge in [0.05, 0.1) is 4.90 Å². The van der Waals surface area contributed by atoms with Gasteiger partial charge in [-0.05, 0) is 49.4 Å². The first-order valence-corrected chi connectivity index (χ1v) is 9.97. The van der Waals surface area contributed by atoms with Crippen LogP contribution < -0.4 is 10.0 Å². The average molecular weight is 358 g/mol. The zero-order chi connectivity index (χ0) is 17.7. The van der Waals surface area contributed by atoms with Gasteiger partial charge in [0.1, 0.15) is 0 Å². The van der Waals surface area contributed by atoms with Crippen molar-refractivity contribution in [2.45, 2.75) is 36.6 Å². The third-order valence-corrected chi connectivity index (χ3v) is 5.59. The molecule has 0 heterocycles. The molecule has 0 bridgehead atoms. The molecule has 0 atom stereocenters. The average Bonchev–Trinajstić information content (AvgIpc) is 3.43. The van der Waals surface area contributed by atoms with E-state index in [1.807, 2.05) is 18.2 Å². The van der Waals surface area contributed by atoms with Crippen LogP contribution in [-0.2, 0) is 16.4 Å². The highest BCUT2D eigenvalue weighted by Crippen LogP contribution is 2.22. The predicted molar refractivity (Wildman–Crippen MR) is 96.9 cm³/mol. The summed E-state index contributed by atoms with van der Waals surface area (Å²) in [6.45, 7) is 0.547.